The van der Waals surface area contributed by atoms with Gasteiger partial charge in [-0.2, -0.15) is 18.3 Å². The number of aryl methyl sites for hydroxylation is 1. The van der Waals surface area contributed by atoms with Gasteiger partial charge in [-0.05, 0) is 43.4 Å². The van der Waals surface area contributed by atoms with Gasteiger partial charge >= 0.3 is 6.18 Å². The van der Waals surface area contributed by atoms with Crippen LogP contribution >= 0.6 is 11.6 Å². The van der Waals surface area contributed by atoms with Gasteiger partial charge in [-0.3, -0.25) is 4.79 Å². The van der Waals surface area contributed by atoms with Crippen LogP contribution in [0, 0.1) is 5.92 Å². The SMILES string of the molecule is COc1cc([C@H](N(C)C(=O)C2CCS(=O)(=O)CC2)C(F)(F)F)ccc1N1CCCc2c1cnc1cc(Cl)nn21. The molecule has 0 aliphatic carbocycles. The molecule has 3 aromatic rings. The summed E-state index contributed by atoms with van der Waals surface area (Å²) in [5, 5.41) is 4.62. The highest BCUT2D eigenvalue weighted by molar-refractivity contribution is 7.91. The quantitative estimate of drug-likeness (QED) is 0.439. The molecule has 39 heavy (non-hydrogen) atoms. The number of carbonyl (C=O) groups excluding carboxylic acids is 1. The summed E-state index contributed by atoms with van der Waals surface area (Å²) in [4.78, 5) is 20.1. The number of sulfone groups is 1. The minimum Gasteiger partial charge on any atom is -0.495 e. The van der Waals surface area contributed by atoms with Crippen LogP contribution in [-0.2, 0) is 21.1 Å². The first-order chi connectivity index (χ1) is 18.4. The van der Waals surface area contributed by atoms with Crippen molar-refractivity contribution in [1.29, 1.82) is 0 Å². The molecule has 2 aliphatic heterocycles. The average molecular weight is 586 g/mol. The maximum atomic E-state index is 14.4. The van der Waals surface area contributed by atoms with Gasteiger partial charge in [-0.25, -0.2) is 17.9 Å². The molecule has 0 spiro atoms. The van der Waals surface area contributed by atoms with E-state index in [4.69, 9.17) is 16.3 Å². The monoisotopic (exact) mass is 585 g/mol. The maximum Gasteiger partial charge on any atom is 0.413 e. The molecule has 0 saturated carbocycles. The van der Waals surface area contributed by atoms with Crippen LogP contribution in [0.1, 0.15) is 36.6 Å². The average Bonchev–Trinajstić information content (AvgIpc) is 3.28. The minimum absolute atomic E-state index is 0.00940. The first-order valence-corrected chi connectivity index (χ1v) is 14.6. The van der Waals surface area contributed by atoms with Gasteiger partial charge in [0, 0.05) is 25.6 Å². The molecule has 2 aromatic heterocycles. The molecule has 1 fully saturated rings. The van der Waals surface area contributed by atoms with Crippen molar-refractivity contribution >= 4 is 44.4 Å². The predicted octanol–water partition coefficient (Wildman–Crippen LogP) is 4.36. The van der Waals surface area contributed by atoms with Gasteiger partial charge in [-0.15, -0.1) is 0 Å². The van der Waals surface area contributed by atoms with Crippen LogP contribution in [0.25, 0.3) is 5.65 Å². The van der Waals surface area contributed by atoms with Gasteiger partial charge in [0.2, 0.25) is 5.91 Å². The van der Waals surface area contributed by atoms with E-state index in [1.54, 1.807) is 22.8 Å². The second kappa shape index (κ2) is 10.2. The van der Waals surface area contributed by atoms with E-state index < -0.39 is 33.9 Å². The number of aromatic nitrogens is 3. The summed E-state index contributed by atoms with van der Waals surface area (Å²) in [6.45, 7) is 0.580. The lowest BCUT2D eigenvalue weighted by molar-refractivity contribution is -0.190. The number of halogens is 4. The Labute approximate surface area is 228 Å². The minimum atomic E-state index is -4.77. The number of alkyl halides is 3. The van der Waals surface area contributed by atoms with Crippen molar-refractivity contribution in [2.45, 2.75) is 37.9 Å². The number of hydrogen-bond donors (Lipinski definition) is 0. The molecule has 1 atom stereocenters. The Balaban J connectivity index is 1.48. The number of carbonyl (C=O) groups is 1. The molecule has 1 aromatic carbocycles. The highest BCUT2D eigenvalue weighted by Crippen LogP contribution is 2.44. The van der Waals surface area contributed by atoms with E-state index >= 15 is 0 Å². The third kappa shape index (κ3) is 5.25. The third-order valence-electron chi connectivity index (χ3n) is 7.38. The molecule has 0 bridgehead atoms. The topological polar surface area (TPSA) is 97.1 Å². The Morgan fingerprint density at radius 1 is 1.21 bits per heavy atom. The predicted molar refractivity (Wildman–Crippen MR) is 139 cm³/mol. The van der Waals surface area contributed by atoms with E-state index in [-0.39, 0.29) is 35.7 Å². The number of rotatable bonds is 5. The number of methoxy groups -OCH3 is 1. The smallest absolute Gasteiger partial charge is 0.413 e. The number of hydrogen-bond acceptors (Lipinski definition) is 7. The summed E-state index contributed by atoms with van der Waals surface area (Å²) in [5.74, 6) is -1.72. The van der Waals surface area contributed by atoms with Crippen LogP contribution in [0.2, 0.25) is 5.15 Å². The lowest BCUT2D eigenvalue weighted by atomic mass is 9.97. The molecule has 0 radical (unpaired) electrons. The molecular formula is C25H27ClF3N5O4S. The lowest BCUT2D eigenvalue weighted by Crippen LogP contribution is -2.44. The molecular weight excluding hydrogens is 559 g/mol. The Morgan fingerprint density at radius 2 is 1.92 bits per heavy atom. The zero-order valence-electron chi connectivity index (χ0n) is 21.3. The second-order valence-corrected chi connectivity index (χ2v) is 12.5. The molecule has 1 saturated heterocycles. The van der Waals surface area contributed by atoms with Gasteiger partial charge in [0.1, 0.15) is 15.6 Å². The largest absolute Gasteiger partial charge is 0.495 e. The summed E-state index contributed by atoms with van der Waals surface area (Å²) >= 11 is 6.07. The molecule has 2 aliphatic rings. The molecule has 0 unspecified atom stereocenters. The van der Waals surface area contributed by atoms with E-state index in [1.165, 1.54) is 19.2 Å². The summed E-state index contributed by atoms with van der Waals surface area (Å²) in [7, 11) is -0.778. The second-order valence-electron chi connectivity index (χ2n) is 9.83. The van der Waals surface area contributed by atoms with E-state index in [0.717, 1.165) is 31.3 Å². The van der Waals surface area contributed by atoms with Crippen molar-refractivity contribution in [1.82, 2.24) is 19.5 Å². The van der Waals surface area contributed by atoms with E-state index in [1.807, 2.05) is 4.90 Å². The highest BCUT2D eigenvalue weighted by atomic mass is 35.5. The zero-order valence-corrected chi connectivity index (χ0v) is 22.9. The first-order valence-electron chi connectivity index (χ1n) is 12.4. The van der Waals surface area contributed by atoms with E-state index in [0.29, 0.717) is 27.9 Å². The van der Waals surface area contributed by atoms with Crippen molar-refractivity contribution < 1.29 is 31.1 Å². The Kier molecular flexibility index (Phi) is 7.17. The number of nitrogens with zero attached hydrogens (tertiary/aromatic N) is 5. The summed E-state index contributed by atoms with van der Waals surface area (Å²) < 4.78 is 73.8. The molecule has 5 rings (SSSR count). The van der Waals surface area contributed by atoms with Crippen molar-refractivity contribution in [3.05, 3.63) is 46.9 Å². The van der Waals surface area contributed by atoms with Gasteiger partial charge in [0.25, 0.3) is 0 Å². The normalized spacial score (nSPS) is 18.6. The molecule has 9 nitrogen and oxygen atoms in total. The fraction of sp³-hybridized carbons (Fsp3) is 0.480. The lowest BCUT2D eigenvalue weighted by Gasteiger charge is -2.35. The molecule has 4 heterocycles. The van der Waals surface area contributed by atoms with Gasteiger partial charge < -0.3 is 14.5 Å². The van der Waals surface area contributed by atoms with Gasteiger partial charge in [-0.1, -0.05) is 17.7 Å². The molecule has 0 N–H and O–H groups in total. The maximum absolute atomic E-state index is 14.4. The molecule has 1 amide bonds. The summed E-state index contributed by atoms with van der Waals surface area (Å²) in [6, 6.07) is 3.61. The highest BCUT2D eigenvalue weighted by Gasteiger charge is 2.47. The van der Waals surface area contributed by atoms with E-state index in [2.05, 4.69) is 10.1 Å². The summed E-state index contributed by atoms with van der Waals surface area (Å²) in [6.07, 6.45) is -1.59. The standard InChI is InChI=1S/C25H27ClF3N5O4S/c1-32(24(35)15-7-10-39(36,37)11-8-15)23(25(27,28)29)16-5-6-18(20(12-16)38-2)33-9-3-4-17-19(33)14-30-22-13-21(26)31-34(17)22/h5-6,12-15,23H,3-4,7-11H2,1-2H3/t23-/m0/s1. The number of benzene rings is 1. The number of fused-ring (bicyclic) bond motifs is 3. The van der Waals surface area contributed by atoms with Crippen LogP contribution in [-0.4, -0.2) is 72.2 Å². The number of anilines is 2. The fourth-order valence-electron chi connectivity index (χ4n) is 5.45. The van der Waals surface area contributed by atoms with Crippen molar-refractivity contribution in [2.75, 3.05) is 37.1 Å². The van der Waals surface area contributed by atoms with Crippen LogP contribution < -0.4 is 9.64 Å². The third-order valence-corrected chi connectivity index (χ3v) is 9.28. The first kappa shape index (κ1) is 27.5. The number of amides is 1. The Hall–Kier alpha value is -3.06. The summed E-state index contributed by atoms with van der Waals surface area (Å²) in [5.41, 5.74) is 2.60. The van der Waals surface area contributed by atoms with Crippen LogP contribution in [0.5, 0.6) is 5.75 Å². The van der Waals surface area contributed by atoms with Crippen LogP contribution in [0.4, 0.5) is 24.5 Å². The van der Waals surface area contributed by atoms with Gasteiger partial charge in [0.05, 0.1) is 41.9 Å². The van der Waals surface area contributed by atoms with Crippen molar-refractivity contribution in [3.63, 3.8) is 0 Å². The van der Waals surface area contributed by atoms with Gasteiger partial charge in [0.15, 0.2) is 16.8 Å². The van der Waals surface area contributed by atoms with E-state index in [9.17, 15) is 26.4 Å². The zero-order chi connectivity index (χ0) is 28.1. The van der Waals surface area contributed by atoms with Crippen LogP contribution in [0.15, 0.2) is 30.5 Å². The molecule has 14 heteroatoms. The Bertz CT molecular complexity index is 1510. The van der Waals surface area contributed by atoms with Crippen molar-refractivity contribution in [2.24, 2.45) is 5.92 Å². The Morgan fingerprint density at radius 3 is 2.59 bits per heavy atom. The van der Waals surface area contributed by atoms with Crippen molar-refractivity contribution in [3.8, 4) is 5.75 Å². The molecule has 210 valence electrons. The fourth-order valence-corrected chi connectivity index (χ4v) is 7.12. The van der Waals surface area contributed by atoms with Crippen LogP contribution in [0.3, 0.4) is 0 Å². The number of ether oxygens (including phenoxy) is 1.